The van der Waals surface area contributed by atoms with Gasteiger partial charge in [-0.15, -0.1) is 0 Å². The molecule has 0 aliphatic heterocycles. The zero-order valence-electron chi connectivity index (χ0n) is 13.1. The Kier molecular flexibility index (Phi) is 5.19. The first kappa shape index (κ1) is 16.2. The molecule has 0 saturated heterocycles. The highest BCUT2D eigenvalue weighted by atomic mass is 127. The van der Waals surface area contributed by atoms with Gasteiger partial charge in [0.25, 0.3) is 0 Å². The van der Waals surface area contributed by atoms with Crippen LogP contribution in [-0.2, 0) is 18.3 Å². The van der Waals surface area contributed by atoms with Gasteiger partial charge >= 0.3 is 0 Å². The number of aryl methyl sites for hydroxylation is 2. The second kappa shape index (κ2) is 6.73. The van der Waals surface area contributed by atoms with E-state index in [1.807, 2.05) is 13.1 Å². The molecule has 0 saturated carbocycles. The first-order valence-corrected chi connectivity index (χ1v) is 8.28. The molecule has 4 heteroatoms. The second-order valence-corrected chi connectivity index (χ2v) is 7.22. The van der Waals surface area contributed by atoms with Crippen molar-refractivity contribution in [3.05, 3.63) is 51.0 Å². The van der Waals surface area contributed by atoms with Gasteiger partial charge in [-0.05, 0) is 34.6 Å². The molecule has 1 heterocycles. The van der Waals surface area contributed by atoms with Crippen LogP contribution in [0.25, 0.3) is 0 Å². The summed E-state index contributed by atoms with van der Waals surface area (Å²) >= 11 is 2.34. The highest BCUT2D eigenvalue weighted by Gasteiger charge is 2.22. The summed E-state index contributed by atoms with van der Waals surface area (Å²) in [5, 5.41) is 3.19. The standard InChI is InChI=1S/C17H22IN3/c1-17(2,3)15-14(18)16(19-4)21-13(20-15)11-10-12-8-6-5-7-9-12/h5-9H,10-11H2,1-4H3,(H,19,20,21). The number of benzene rings is 1. The molecule has 2 aromatic rings. The van der Waals surface area contributed by atoms with Crippen LogP contribution in [0, 0.1) is 3.57 Å². The average molecular weight is 395 g/mol. The molecule has 1 aromatic heterocycles. The first-order valence-electron chi connectivity index (χ1n) is 7.20. The summed E-state index contributed by atoms with van der Waals surface area (Å²) in [4.78, 5) is 9.46. The van der Waals surface area contributed by atoms with Crippen LogP contribution in [0.1, 0.15) is 37.9 Å². The minimum atomic E-state index is 0.0204. The normalized spacial score (nSPS) is 11.5. The number of hydrogen-bond acceptors (Lipinski definition) is 3. The largest absolute Gasteiger partial charge is 0.372 e. The van der Waals surface area contributed by atoms with E-state index in [4.69, 9.17) is 4.98 Å². The fourth-order valence-electron chi connectivity index (χ4n) is 2.17. The molecule has 1 aromatic carbocycles. The second-order valence-electron chi connectivity index (χ2n) is 6.14. The Hall–Kier alpha value is -1.17. The van der Waals surface area contributed by atoms with E-state index in [0.29, 0.717) is 0 Å². The van der Waals surface area contributed by atoms with Gasteiger partial charge in [-0.3, -0.25) is 0 Å². The predicted octanol–water partition coefficient (Wildman–Crippen LogP) is 4.21. The Morgan fingerprint density at radius 3 is 2.29 bits per heavy atom. The van der Waals surface area contributed by atoms with Crippen molar-refractivity contribution in [2.45, 2.75) is 39.0 Å². The molecule has 0 aliphatic rings. The maximum Gasteiger partial charge on any atom is 0.143 e. The van der Waals surface area contributed by atoms with Crippen LogP contribution in [0.4, 0.5) is 5.82 Å². The molecule has 0 spiro atoms. The number of nitrogens with one attached hydrogen (secondary N) is 1. The minimum absolute atomic E-state index is 0.0204. The third kappa shape index (κ3) is 4.15. The number of nitrogens with zero attached hydrogens (tertiary/aromatic N) is 2. The Balaban J connectivity index is 2.27. The Morgan fingerprint density at radius 1 is 1.05 bits per heavy atom. The van der Waals surface area contributed by atoms with Crippen molar-refractivity contribution in [1.82, 2.24) is 9.97 Å². The van der Waals surface area contributed by atoms with Crippen LogP contribution in [-0.4, -0.2) is 17.0 Å². The third-order valence-corrected chi connectivity index (χ3v) is 4.35. The molecule has 1 N–H and O–H groups in total. The summed E-state index contributed by atoms with van der Waals surface area (Å²) in [5.41, 5.74) is 2.46. The average Bonchev–Trinajstić information content (AvgIpc) is 2.46. The molecule has 2 rings (SSSR count). The summed E-state index contributed by atoms with van der Waals surface area (Å²) in [7, 11) is 1.91. The van der Waals surface area contributed by atoms with Gasteiger partial charge in [0.1, 0.15) is 11.6 Å². The highest BCUT2D eigenvalue weighted by Crippen LogP contribution is 2.29. The van der Waals surface area contributed by atoms with E-state index in [1.165, 1.54) is 5.56 Å². The Bertz CT molecular complexity index is 603. The third-order valence-electron chi connectivity index (χ3n) is 3.32. The molecule has 21 heavy (non-hydrogen) atoms. The fourth-order valence-corrected chi connectivity index (χ4v) is 3.49. The smallest absolute Gasteiger partial charge is 0.143 e. The lowest BCUT2D eigenvalue weighted by atomic mass is 9.92. The van der Waals surface area contributed by atoms with Crippen molar-refractivity contribution < 1.29 is 0 Å². The highest BCUT2D eigenvalue weighted by molar-refractivity contribution is 14.1. The van der Waals surface area contributed by atoms with Crippen molar-refractivity contribution >= 4 is 28.4 Å². The van der Waals surface area contributed by atoms with E-state index in [0.717, 1.165) is 33.7 Å². The zero-order valence-corrected chi connectivity index (χ0v) is 15.2. The summed E-state index contributed by atoms with van der Waals surface area (Å²) in [6.07, 6.45) is 1.83. The lowest BCUT2D eigenvalue weighted by Crippen LogP contribution is -2.19. The topological polar surface area (TPSA) is 37.8 Å². The molecule has 0 atom stereocenters. The van der Waals surface area contributed by atoms with E-state index in [1.54, 1.807) is 0 Å². The number of aromatic nitrogens is 2. The van der Waals surface area contributed by atoms with Crippen LogP contribution in [0.15, 0.2) is 30.3 Å². The van der Waals surface area contributed by atoms with E-state index in [9.17, 15) is 0 Å². The molecule has 0 bridgehead atoms. The van der Waals surface area contributed by atoms with Crippen molar-refractivity contribution in [2.75, 3.05) is 12.4 Å². The predicted molar refractivity (Wildman–Crippen MR) is 96.8 cm³/mol. The fraction of sp³-hybridized carbons (Fsp3) is 0.412. The molecule has 0 amide bonds. The quantitative estimate of drug-likeness (QED) is 0.789. The summed E-state index contributed by atoms with van der Waals surface area (Å²) in [6, 6.07) is 10.5. The van der Waals surface area contributed by atoms with Gasteiger partial charge in [-0.25, -0.2) is 9.97 Å². The molecule has 0 radical (unpaired) electrons. The SMILES string of the molecule is CNc1nc(CCc2ccccc2)nc(C(C)(C)C)c1I. The summed E-state index contributed by atoms with van der Waals surface area (Å²) < 4.78 is 1.12. The van der Waals surface area contributed by atoms with E-state index in [-0.39, 0.29) is 5.41 Å². The lowest BCUT2D eigenvalue weighted by Gasteiger charge is -2.21. The number of hydrogen-bond donors (Lipinski definition) is 1. The monoisotopic (exact) mass is 395 g/mol. The van der Waals surface area contributed by atoms with Gasteiger partial charge in [-0.2, -0.15) is 0 Å². The Labute approximate surface area is 140 Å². The molecular formula is C17H22IN3. The molecule has 112 valence electrons. The van der Waals surface area contributed by atoms with Gasteiger partial charge in [0.2, 0.25) is 0 Å². The van der Waals surface area contributed by atoms with Crippen molar-refractivity contribution in [1.29, 1.82) is 0 Å². The van der Waals surface area contributed by atoms with Crippen LogP contribution in [0.5, 0.6) is 0 Å². The van der Waals surface area contributed by atoms with E-state index >= 15 is 0 Å². The molecular weight excluding hydrogens is 373 g/mol. The van der Waals surface area contributed by atoms with Gasteiger partial charge in [-0.1, -0.05) is 51.1 Å². The number of rotatable bonds is 4. The van der Waals surface area contributed by atoms with Crippen molar-refractivity contribution in [2.24, 2.45) is 0 Å². The molecule has 0 unspecified atom stereocenters. The molecule has 3 nitrogen and oxygen atoms in total. The number of halogens is 1. The maximum absolute atomic E-state index is 4.81. The summed E-state index contributed by atoms with van der Waals surface area (Å²) in [5.74, 6) is 1.84. The van der Waals surface area contributed by atoms with E-state index < -0.39 is 0 Å². The lowest BCUT2D eigenvalue weighted by molar-refractivity contribution is 0.557. The molecule has 0 fully saturated rings. The van der Waals surface area contributed by atoms with Gasteiger partial charge in [0.05, 0.1) is 9.26 Å². The van der Waals surface area contributed by atoms with Crippen LogP contribution in [0.3, 0.4) is 0 Å². The zero-order chi connectivity index (χ0) is 15.5. The Morgan fingerprint density at radius 2 is 1.71 bits per heavy atom. The van der Waals surface area contributed by atoms with Crippen molar-refractivity contribution in [3.63, 3.8) is 0 Å². The van der Waals surface area contributed by atoms with Crippen LogP contribution in [0.2, 0.25) is 0 Å². The van der Waals surface area contributed by atoms with Gasteiger partial charge in [0.15, 0.2) is 0 Å². The van der Waals surface area contributed by atoms with E-state index in [2.05, 4.69) is 77.9 Å². The van der Waals surface area contributed by atoms with Gasteiger partial charge < -0.3 is 5.32 Å². The van der Waals surface area contributed by atoms with Crippen LogP contribution >= 0.6 is 22.6 Å². The molecule has 0 aliphatic carbocycles. The maximum atomic E-state index is 4.81. The summed E-state index contributed by atoms with van der Waals surface area (Å²) in [6.45, 7) is 6.58. The first-order chi connectivity index (χ1) is 9.91. The van der Waals surface area contributed by atoms with Crippen LogP contribution < -0.4 is 5.32 Å². The van der Waals surface area contributed by atoms with Crippen molar-refractivity contribution in [3.8, 4) is 0 Å². The number of anilines is 1. The van der Waals surface area contributed by atoms with Gasteiger partial charge in [0, 0.05) is 18.9 Å². The minimum Gasteiger partial charge on any atom is -0.372 e.